The van der Waals surface area contributed by atoms with E-state index in [9.17, 15) is 4.79 Å². The van der Waals surface area contributed by atoms with Gasteiger partial charge in [0.1, 0.15) is 5.88 Å². The average Bonchev–Trinajstić information content (AvgIpc) is 2.20. The second kappa shape index (κ2) is 7.19. The predicted molar refractivity (Wildman–Crippen MR) is 57.0 cm³/mol. The number of carbonyl (C=O) groups is 1. The number of hydrogen-bond acceptors (Lipinski definition) is 1. The summed E-state index contributed by atoms with van der Waals surface area (Å²) >= 11 is 5.44. The molecule has 1 rings (SSSR count). The smallest absolute Gasteiger partial charge is 0.237 e. The molecule has 1 amide bonds. The molecule has 1 heterocycles. The van der Waals surface area contributed by atoms with Gasteiger partial charge < -0.3 is 4.90 Å². The molecule has 0 radical (unpaired) electrons. The first-order valence-electron chi connectivity index (χ1n) is 5.07. The van der Waals surface area contributed by atoms with E-state index in [-0.39, 0.29) is 11.8 Å². The third-order valence-electron chi connectivity index (χ3n) is 2.12. The molecule has 1 atom stereocenters. The van der Waals surface area contributed by atoms with Crippen LogP contribution in [-0.4, -0.2) is 29.8 Å². The highest BCUT2D eigenvalue weighted by molar-refractivity contribution is 6.27. The van der Waals surface area contributed by atoms with Crippen molar-refractivity contribution in [1.82, 2.24) is 4.90 Å². The number of hydrogen-bond donors (Lipinski definition) is 0. The predicted octanol–water partition coefficient (Wildman–Crippen LogP) is 2.51. The van der Waals surface area contributed by atoms with Crippen molar-refractivity contribution in [3.05, 3.63) is 0 Å². The van der Waals surface area contributed by atoms with Gasteiger partial charge in [-0.2, -0.15) is 0 Å². The highest BCUT2D eigenvalue weighted by Gasteiger charge is 2.19. The molecule has 0 aromatic heterocycles. The molecule has 13 heavy (non-hydrogen) atoms. The summed E-state index contributed by atoms with van der Waals surface area (Å²) in [7, 11) is 0. The number of nitrogens with zero attached hydrogens (tertiary/aromatic N) is 1. The van der Waals surface area contributed by atoms with Crippen molar-refractivity contribution in [3.63, 3.8) is 0 Å². The lowest BCUT2D eigenvalue weighted by atomic mass is 10.0. The first-order chi connectivity index (χ1) is 6.24. The third kappa shape index (κ3) is 4.51. The molecule has 3 heteroatoms. The van der Waals surface area contributed by atoms with Crippen LogP contribution in [0.2, 0.25) is 0 Å². The van der Waals surface area contributed by atoms with Gasteiger partial charge in [-0.05, 0) is 18.8 Å². The van der Waals surface area contributed by atoms with Crippen LogP contribution in [0, 0.1) is 5.92 Å². The minimum absolute atomic E-state index is 0.0817. The van der Waals surface area contributed by atoms with E-state index < -0.39 is 0 Å². The SMILES string of the molecule is CC.CC1CCCN(C(=O)CCl)C1. The van der Waals surface area contributed by atoms with Crippen LogP contribution in [0.1, 0.15) is 33.6 Å². The monoisotopic (exact) mass is 205 g/mol. The zero-order chi connectivity index (χ0) is 10.3. The number of rotatable bonds is 1. The Morgan fingerprint density at radius 2 is 2.15 bits per heavy atom. The van der Waals surface area contributed by atoms with Crippen molar-refractivity contribution < 1.29 is 4.79 Å². The second-order valence-electron chi connectivity index (χ2n) is 3.22. The molecule has 1 aliphatic rings. The fourth-order valence-electron chi connectivity index (χ4n) is 1.50. The second-order valence-corrected chi connectivity index (χ2v) is 3.49. The summed E-state index contributed by atoms with van der Waals surface area (Å²) in [4.78, 5) is 13.0. The molecule has 0 N–H and O–H groups in total. The lowest BCUT2D eigenvalue weighted by Gasteiger charge is -2.30. The summed E-state index contributed by atoms with van der Waals surface area (Å²) in [5.74, 6) is 0.862. The van der Waals surface area contributed by atoms with E-state index in [1.54, 1.807) is 0 Å². The molecule has 0 aromatic rings. The van der Waals surface area contributed by atoms with Crippen LogP contribution in [0.3, 0.4) is 0 Å². The first kappa shape index (κ1) is 12.8. The molecule has 0 bridgehead atoms. The van der Waals surface area contributed by atoms with E-state index in [4.69, 9.17) is 11.6 Å². The zero-order valence-corrected chi connectivity index (χ0v) is 9.60. The molecule has 78 valence electrons. The van der Waals surface area contributed by atoms with Crippen molar-refractivity contribution in [2.24, 2.45) is 5.92 Å². The minimum Gasteiger partial charge on any atom is -0.341 e. The highest BCUT2D eigenvalue weighted by Crippen LogP contribution is 2.15. The Kier molecular flexibility index (Phi) is 7.06. The molecule has 0 saturated carbocycles. The van der Waals surface area contributed by atoms with Gasteiger partial charge in [0.05, 0.1) is 0 Å². The summed E-state index contributed by atoms with van der Waals surface area (Å²) in [5.41, 5.74) is 0. The standard InChI is InChI=1S/C8H14ClNO.C2H6/c1-7-3-2-4-10(6-7)8(11)5-9;1-2/h7H,2-6H2,1H3;1-2H3. The molecule has 1 aliphatic heterocycles. The van der Waals surface area contributed by atoms with Crippen LogP contribution in [-0.2, 0) is 4.79 Å². The van der Waals surface area contributed by atoms with Crippen LogP contribution in [0.15, 0.2) is 0 Å². The van der Waals surface area contributed by atoms with E-state index in [0.717, 1.165) is 19.5 Å². The Bertz CT molecular complexity index is 150. The van der Waals surface area contributed by atoms with Gasteiger partial charge in [0.25, 0.3) is 0 Å². The Morgan fingerprint density at radius 3 is 2.62 bits per heavy atom. The lowest BCUT2D eigenvalue weighted by molar-refractivity contribution is -0.130. The molecule has 0 spiro atoms. The fraction of sp³-hybridized carbons (Fsp3) is 0.900. The van der Waals surface area contributed by atoms with Crippen LogP contribution >= 0.6 is 11.6 Å². The molecule has 0 aliphatic carbocycles. The number of piperidine rings is 1. The van der Waals surface area contributed by atoms with Gasteiger partial charge in [0.2, 0.25) is 5.91 Å². The summed E-state index contributed by atoms with van der Waals surface area (Å²) in [5, 5.41) is 0. The van der Waals surface area contributed by atoms with E-state index in [1.807, 2.05) is 18.7 Å². The van der Waals surface area contributed by atoms with Crippen LogP contribution < -0.4 is 0 Å². The number of carbonyl (C=O) groups excluding carboxylic acids is 1. The van der Waals surface area contributed by atoms with Gasteiger partial charge in [0, 0.05) is 13.1 Å². The molecular weight excluding hydrogens is 186 g/mol. The summed E-state index contributed by atoms with van der Waals surface area (Å²) in [6.07, 6.45) is 2.37. The largest absolute Gasteiger partial charge is 0.341 e. The Labute approximate surface area is 86.2 Å². The van der Waals surface area contributed by atoms with Gasteiger partial charge >= 0.3 is 0 Å². The number of halogens is 1. The number of alkyl halides is 1. The first-order valence-corrected chi connectivity index (χ1v) is 5.61. The molecular formula is C10H20ClNO. The molecule has 1 fully saturated rings. The molecule has 0 aromatic carbocycles. The van der Waals surface area contributed by atoms with Gasteiger partial charge in [-0.3, -0.25) is 4.79 Å². The van der Waals surface area contributed by atoms with E-state index in [2.05, 4.69) is 6.92 Å². The van der Waals surface area contributed by atoms with Gasteiger partial charge in [0.15, 0.2) is 0 Å². The van der Waals surface area contributed by atoms with Crippen molar-refractivity contribution in [1.29, 1.82) is 0 Å². The maximum absolute atomic E-state index is 11.1. The van der Waals surface area contributed by atoms with Gasteiger partial charge in [-0.1, -0.05) is 20.8 Å². The highest BCUT2D eigenvalue weighted by atomic mass is 35.5. The maximum atomic E-state index is 11.1. The normalized spacial score (nSPS) is 21.8. The zero-order valence-electron chi connectivity index (χ0n) is 8.85. The maximum Gasteiger partial charge on any atom is 0.237 e. The summed E-state index contributed by atoms with van der Waals surface area (Å²) < 4.78 is 0. The van der Waals surface area contributed by atoms with Crippen molar-refractivity contribution in [2.45, 2.75) is 33.6 Å². The Balaban J connectivity index is 0.000000671. The number of likely N-dealkylation sites (tertiary alicyclic amines) is 1. The Morgan fingerprint density at radius 1 is 1.54 bits per heavy atom. The molecule has 1 unspecified atom stereocenters. The minimum atomic E-state index is 0.0817. The van der Waals surface area contributed by atoms with Crippen LogP contribution in [0.5, 0.6) is 0 Å². The number of amides is 1. The van der Waals surface area contributed by atoms with Gasteiger partial charge in [-0.15, -0.1) is 11.6 Å². The molecule has 1 saturated heterocycles. The van der Waals surface area contributed by atoms with Crippen molar-refractivity contribution >= 4 is 17.5 Å². The average molecular weight is 206 g/mol. The van der Waals surface area contributed by atoms with Crippen LogP contribution in [0.25, 0.3) is 0 Å². The third-order valence-corrected chi connectivity index (χ3v) is 2.35. The van der Waals surface area contributed by atoms with Gasteiger partial charge in [-0.25, -0.2) is 0 Å². The lowest BCUT2D eigenvalue weighted by Crippen LogP contribution is -2.39. The summed E-state index contributed by atoms with van der Waals surface area (Å²) in [6.45, 7) is 7.97. The fourth-order valence-corrected chi connectivity index (χ4v) is 1.67. The van der Waals surface area contributed by atoms with Crippen LogP contribution in [0.4, 0.5) is 0 Å². The molecule has 2 nitrogen and oxygen atoms in total. The van der Waals surface area contributed by atoms with Crippen molar-refractivity contribution in [3.8, 4) is 0 Å². The van der Waals surface area contributed by atoms with E-state index in [0.29, 0.717) is 5.92 Å². The summed E-state index contributed by atoms with van der Waals surface area (Å²) in [6, 6.07) is 0. The quantitative estimate of drug-likeness (QED) is 0.603. The Hall–Kier alpha value is -0.240. The van der Waals surface area contributed by atoms with Crippen molar-refractivity contribution in [2.75, 3.05) is 19.0 Å². The van der Waals surface area contributed by atoms with E-state index >= 15 is 0 Å². The topological polar surface area (TPSA) is 20.3 Å². The van der Waals surface area contributed by atoms with E-state index in [1.165, 1.54) is 6.42 Å².